The van der Waals surface area contributed by atoms with Crippen molar-refractivity contribution in [3.8, 4) is 6.07 Å². The van der Waals surface area contributed by atoms with E-state index >= 15 is 0 Å². The van der Waals surface area contributed by atoms with Crippen molar-refractivity contribution in [2.24, 2.45) is 5.73 Å². The molecule has 0 unspecified atom stereocenters. The smallest absolute Gasteiger partial charge is 0.237 e. The van der Waals surface area contributed by atoms with Gasteiger partial charge in [0.25, 0.3) is 0 Å². The molecule has 6 nitrogen and oxygen atoms in total. The molecule has 0 aliphatic rings. The molecule has 18 heavy (non-hydrogen) atoms. The van der Waals surface area contributed by atoms with E-state index in [-0.39, 0.29) is 6.54 Å². The Hall–Kier alpha value is -2.16. The zero-order valence-electron chi connectivity index (χ0n) is 10.7. The van der Waals surface area contributed by atoms with E-state index in [9.17, 15) is 4.79 Å². The number of aryl methyl sites for hydroxylation is 1. The molecule has 0 bridgehead atoms. The lowest BCUT2D eigenvalue weighted by Gasteiger charge is -2.21. The van der Waals surface area contributed by atoms with E-state index in [1.54, 1.807) is 17.9 Å². The van der Waals surface area contributed by atoms with Gasteiger partial charge in [0.15, 0.2) is 0 Å². The molecule has 0 radical (unpaired) electrons. The quantitative estimate of drug-likeness (QED) is 0.800. The van der Waals surface area contributed by atoms with Crippen LogP contribution in [0.5, 0.6) is 0 Å². The molecule has 0 aliphatic heterocycles. The van der Waals surface area contributed by atoms with Gasteiger partial charge in [-0.15, -0.1) is 0 Å². The number of unbranched alkanes of at least 4 members (excludes halogenated alkanes) is 1. The minimum atomic E-state index is -0.435. The van der Waals surface area contributed by atoms with Gasteiger partial charge in [-0.3, -0.25) is 4.79 Å². The Morgan fingerprint density at radius 2 is 2.28 bits per heavy atom. The summed E-state index contributed by atoms with van der Waals surface area (Å²) >= 11 is 0. The highest BCUT2D eigenvalue weighted by molar-refractivity contribution is 5.78. The topological polar surface area (TPSA) is 95.9 Å². The van der Waals surface area contributed by atoms with Crippen LogP contribution in [0.1, 0.15) is 31.2 Å². The van der Waals surface area contributed by atoms with Gasteiger partial charge in [-0.2, -0.15) is 5.26 Å². The first-order valence-corrected chi connectivity index (χ1v) is 5.85. The second-order valence-corrected chi connectivity index (χ2v) is 4.05. The minimum Gasteiger partial charge on any atom is -0.368 e. The highest BCUT2D eigenvalue weighted by Crippen LogP contribution is 2.10. The Balaban J connectivity index is 2.99. The second kappa shape index (κ2) is 6.55. The number of hydrogen-bond donors (Lipinski definition) is 1. The molecule has 1 heterocycles. The van der Waals surface area contributed by atoms with E-state index in [0.29, 0.717) is 23.9 Å². The van der Waals surface area contributed by atoms with Gasteiger partial charge in [0.1, 0.15) is 11.8 Å². The molecule has 0 spiro atoms. The van der Waals surface area contributed by atoms with Crippen LogP contribution in [0, 0.1) is 18.3 Å². The summed E-state index contributed by atoms with van der Waals surface area (Å²) in [6.45, 7) is 4.55. The van der Waals surface area contributed by atoms with E-state index < -0.39 is 5.91 Å². The highest BCUT2D eigenvalue weighted by atomic mass is 16.1. The second-order valence-electron chi connectivity index (χ2n) is 4.05. The summed E-state index contributed by atoms with van der Waals surface area (Å²) in [4.78, 5) is 21.1. The number of rotatable bonds is 6. The van der Waals surface area contributed by atoms with Crippen molar-refractivity contribution in [3.63, 3.8) is 0 Å². The third-order valence-electron chi connectivity index (χ3n) is 2.37. The first kappa shape index (κ1) is 13.9. The zero-order chi connectivity index (χ0) is 13.5. The summed E-state index contributed by atoms with van der Waals surface area (Å²) in [5, 5.41) is 8.88. The van der Waals surface area contributed by atoms with Crippen molar-refractivity contribution < 1.29 is 4.79 Å². The Morgan fingerprint density at radius 1 is 1.56 bits per heavy atom. The first-order valence-electron chi connectivity index (χ1n) is 5.85. The highest BCUT2D eigenvalue weighted by Gasteiger charge is 2.13. The summed E-state index contributed by atoms with van der Waals surface area (Å²) in [7, 11) is 0. The number of nitrogens with two attached hydrogens (primary N) is 1. The molecule has 1 aromatic rings. The molecule has 1 rings (SSSR count). The third-order valence-corrected chi connectivity index (χ3v) is 2.37. The summed E-state index contributed by atoms with van der Waals surface area (Å²) in [6, 6.07) is 3.58. The zero-order valence-corrected chi connectivity index (χ0v) is 10.7. The molecule has 2 N–H and O–H groups in total. The lowest BCUT2D eigenvalue weighted by molar-refractivity contribution is -0.116. The number of hydrogen-bond acceptors (Lipinski definition) is 5. The van der Waals surface area contributed by atoms with Crippen LogP contribution in [0.25, 0.3) is 0 Å². The van der Waals surface area contributed by atoms with Gasteiger partial charge in [-0.05, 0) is 19.4 Å². The fourth-order valence-corrected chi connectivity index (χ4v) is 1.54. The number of nitrogens with zero attached hydrogens (tertiary/aromatic N) is 4. The monoisotopic (exact) mass is 247 g/mol. The van der Waals surface area contributed by atoms with Gasteiger partial charge in [-0.25, -0.2) is 9.97 Å². The maximum atomic E-state index is 11.0. The maximum absolute atomic E-state index is 11.0. The van der Waals surface area contributed by atoms with Crippen molar-refractivity contribution in [1.82, 2.24) is 9.97 Å². The lowest BCUT2D eigenvalue weighted by Crippen LogP contribution is -2.35. The van der Waals surface area contributed by atoms with Crippen LogP contribution in [0.3, 0.4) is 0 Å². The fraction of sp³-hybridized carbons (Fsp3) is 0.500. The van der Waals surface area contributed by atoms with Crippen LogP contribution in [0.4, 0.5) is 5.95 Å². The molecule has 1 aromatic heterocycles. The van der Waals surface area contributed by atoms with Crippen LogP contribution < -0.4 is 10.6 Å². The van der Waals surface area contributed by atoms with Crippen LogP contribution in [0.2, 0.25) is 0 Å². The van der Waals surface area contributed by atoms with Crippen LogP contribution in [-0.2, 0) is 4.79 Å². The number of aromatic nitrogens is 2. The molecule has 0 aromatic carbocycles. The van der Waals surface area contributed by atoms with Crippen LogP contribution >= 0.6 is 0 Å². The van der Waals surface area contributed by atoms with E-state index in [0.717, 1.165) is 12.8 Å². The normalized spacial score (nSPS) is 9.83. The van der Waals surface area contributed by atoms with Crippen molar-refractivity contribution in [1.29, 1.82) is 5.26 Å². The van der Waals surface area contributed by atoms with E-state index in [4.69, 9.17) is 11.0 Å². The largest absolute Gasteiger partial charge is 0.368 e. The van der Waals surface area contributed by atoms with Gasteiger partial charge in [-0.1, -0.05) is 13.3 Å². The lowest BCUT2D eigenvalue weighted by atomic mass is 10.3. The number of nitriles is 1. The average Bonchev–Trinajstić information content (AvgIpc) is 2.33. The number of primary amides is 1. The van der Waals surface area contributed by atoms with E-state index in [2.05, 4.69) is 16.9 Å². The van der Waals surface area contributed by atoms with Gasteiger partial charge in [0, 0.05) is 12.2 Å². The van der Waals surface area contributed by atoms with Crippen molar-refractivity contribution in [3.05, 3.63) is 17.5 Å². The van der Waals surface area contributed by atoms with Gasteiger partial charge in [0.2, 0.25) is 11.9 Å². The SMILES string of the molecule is CCCCN(CC(N)=O)c1nc(C)cc(C#N)n1. The fourth-order valence-electron chi connectivity index (χ4n) is 1.54. The van der Waals surface area contributed by atoms with E-state index in [1.807, 2.05) is 6.07 Å². The predicted octanol–water partition coefficient (Wildman–Crippen LogP) is 0.748. The molecular formula is C12H17N5O. The minimum absolute atomic E-state index is 0.0638. The standard InChI is InChI=1S/C12H17N5O/c1-3-4-5-17(8-11(14)18)12-15-9(2)6-10(7-13)16-12/h6H,3-5,8H2,1-2H3,(H2,14,18). The average molecular weight is 247 g/mol. The van der Waals surface area contributed by atoms with Crippen molar-refractivity contribution in [2.45, 2.75) is 26.7 Å². The Kier molecular flexibility index (Phi) is 5.06. The van der Waals surface area contributed by atoms with Gasteiger partial charge >= 0.3 is 0 Å². The maximum Gasteiger partial charge on any atom is 0.237 e. The first-order chi connectivity index (χ1) is 8.56. The summed E-state index contributed by atoms with van der Waals surface area (Å²) in [5.41, 5.74) is 6.20. The molecule has 0 aliphatic carbocycles. The molecule has 0 saturated carbocycles. The molecule has 96 valence electrons. The summed E-state index contributed by atoms with van der Waals surface area (Å²) in [5.74, 6) is -0.0477. The Morgan fingerprint density at radius 3 is 2.83 bits per heavy atom. The van der Waals surface area contributed by atoms with Crippen molar-refractivity contribution >= 4 is 11.9 Å². The van der Waals surface area contributed by atoms with Gasteiger partial charge < -0.3 is 10.6 Å². The Labute approximate surface area is 106 Å². The van der Waals surface area contributed by atoms with E-state index in [1.165, 1.54) is 0 Å². The molecule has 0 fully saturated rings. The van der Waals surface area contributed by atoms with Gasteiger partial charge in [0.05, 0.1) is 6.54 Å². The number of carbonyl (C=O) groups excluding carboxylic acids is 1. The molecular weight excluding hydrogens is 230 g/mol. The molecule has 6 heteroatoms. The summed E-state index contributed by atoms with van der Waals surface area (Å²) in [6.07, 6.45) is 1.90. The predicted molar refractivity (Wildman–Crippen MR) is 67.8 cm³/mol. The van der Waals surface area contributed by atoms with Crippen LogP contribution in [0.15, 0.2) is 6.07 Å². The molecule has 1 amide bonds. The summed E-state index contributed by atoms with van der Waals surface area (Å²) < 4.78 is 0. The molecule has 0 atom stereocenters. The number of carbonyl (C=O) groups is 1. The number of anilines is 1. The molecule has 0 saturated heterocycles. The number of amides is 1. The Bertz CT molecular complexity index is 466. The van der Waals surface area contributed by atoms with Crippen molar-refractivity contribution in [2.75, 3.05) is 18.0 Å². The van der Waals surface area contributed by atoms with Crippen LogP contribution in [-0.4, -0.2) is 29.0 Å². The third kappa shape index (κ3) is 4.01.